The van der Waals surface area contributed by atoms with Gasteiger partial charge in [0.25, 0.3) is 0 Å². The van der Waals surface area contributed by atoms with Gasteiger partial charge in [-0.1, -0.05) is 45.6 Å². The van der Waals surface area contributed by atoms with Crippen LogP contribution in [0.5, 0.6) is 0 Å². The second-order valence-corrected chi connectivity index (χ2v) is 8.74. The minimum atomic E-state index is -0.0751. The second-order valence-electron chi connectivity index (χ2n) is 8.74. The van der Waals surface area contributed by atoms with E-state index in [1.807, 2.05) is 9.80 Å². The molecule has 2 saturated heterocycles. The van der Waals surface area contributed by atoms with E-state index in [0.717, 1.165) is 12.5 Å². The van der Waals surface area contributed by atoms with Gasteiger partial charge in [0.05, 0.1) is 0 Å². The summed E-state index contributed by atoms with van der Waals surface area (Å²) in [6, 6.07) is 0. The number of carbonyl (C=O) groups excluding carboxylic acids is 3. The minimum Gasteiger partial charge on any atom is -0.342 e. The van der Waals surface area contributed by atoms with Crippen LogP contribution in [0.2, 0.25) is 0 Å². The summed E-state index contributed by atoms with van der Waals surface area (Å²) in [7, 11) is 0. The fourth-order valence-corrected chi connectivity index (χ4v) is 5.18. The summed E-state index contributed by atoms with van der Waals surface area (Å²) in [5, 5.41) is 0. The quantitative estimate of drug-likeness (QED) is 0.678. The highest BCUT2D eigenvalue weighted by Gasteiger charge is 2.36. The Labute approximate surface area is 168 Å². The van der Waals surface area contributed by atoms with Crippen LogP contribution in [0.25, 0.3) is 0 Å². The van der Waals surface area contributed by atoms with E-state index in [2.05, 4.69) is 13.5 Å². The van der Waals surface area contributed by atoms with E-state index in [1.54, 1.807) is 4.90 Å². The summed E-state index contributed by atoms with van der Waals surface area (Å²) >= 11 is 0. The standard InChI is InChI=1S/C22H35N3O3/c1-3-20(26)23-11-13-24(14-12-23)21(27)9-10-25-16-19(17(2)15-22(25)28)18-7-5-4-6-8-18/h3,17-19H,1,4-16H2,2H3. The molecule has 2 unspecified atom stereocenters. The third kappa shape index (κ3) is 4.95. The van der Waals surface area contributed by atoms with Crippen LogP contribution in [0, 0.1) is 17.8 Å². The predicted octanol–water partition coefficient (Wildman–Crippen LogP) is 2.30. The van der Waals surface area contributed by atoms with Crippen LogP contribution in [-0.2, 0) is 14.4 Å². The second kappa shape index (κ2) is 9.57. The molecule has 2 atom stereocenters. The molecule has 3 fully saturated rings. The first kappa shape index (κ1) is 20.9. The van der Waals surface area contributed by atoms with Crippen molar-refractivity contribution in [3.63, 3.8) is 0 Å². The Morgan fingerprint density at radius 2 is 1.71 bits per heavy atom. The van der Waals surface area contributed by atoms with Crippen molar-refractivity contribution in [2.75, 3.05) is 39.3 Å². The van der Waals surface area contributed by atoms with Crippen molar-refractivity contribution in [2.45, 2.75) is 51.9 Å². The summed E-state index contributed by atoms with van der Waals surface area (Å²) in [4.78, 5) is 42.3. The van der Waals surface area contributed by atoms with E-state index in [4.69, 9.17) is 0 Å². The molecule has 3 rings (SSSR count). The number of hydrogen-bond acceptors (Lipinski definition) is 3. The first-order valence-electron chi connectivity index (χ1n) is 11.0. The third-order valence-corrected chi connectivity index (χ3v) is 6.98. The van der Waals surface area contributed by atoms with Gasteiger partial charge in [0.1, 0.15) is 0 Å². The summed E-state index contributed by atoms with van der Waals surface area (Å²) in [5.41, 5.74) is 0. The maximum atomic E-state index is 12.6. The molecule has 0 aromatic rings. The van der Waals surface area contributed by atoms with Gasteiger partial charge in [-0.2, -0.15) is 0 Å². The lowest BCUT2D eigenvalue weighted by Gasteiger charge is -2.42. The van der Waals surface area contributed by atoms with Gasteiger partial charge in [-0.15, -0.1) is 0 Å². The first-order valence-corrected chi connectivity index (χ1v) is 11.0. The Morgan fingerprint density at radius 1 is 1.07 bits per heavy atom. The molecular formula is C22H35N3O3. The molecule has 1 saturated carbocycles. The zero-order valence-corrected chi connectivity index (χ0v) is 17.3. The average Bonchev–Trinajstić information content (AvgIpc) is 2.73. The average molecular weight is 390 g/mol. The zero-order chi connectivity index (χ0) is 20.1. The maximum Gasteiger partial charge on any atom is 0.246 e. The van der Waals surface area contributed by atoms with Crippen molar-refractivity contribution in [3.8, 4) is 0 Å². The van der Waals surface area contributed by atoms with Gasteiger partial charge in [-0.25, -0.2) is 0 Å². The molecule has 6 heteroatoms. The minimum absolute atomic E-state index is 0.0751. The Bertz CT molecular complexity index is 592. The number of likely N-dealkylation sites (tertiary alicyclic amines) is 1. The predicted molar refractivity (Wildman–Crippen MR) is 108 cm³/mol. The monoisotopic (exact) mass is 389 g/mol. The molecule has 0 aromatic heterocycles. The van der Waals surface area contributed by atoms with E-state index < -0.39 is 0 Å². The Kier molecular flexibility index (Phi) is 7.13. The molecule has 156 valence electrons. The van der Waals surface area contributed by atoms with Crippen LogP contribution in [0.4, 0.5) is 0 Å². The van der Waals surface area contributed by atoms with Gasteiger partial charge in [0.2, 0.25) is 17.7 Å². The first-order chi connectivity index (χ1) is 13.5. The largest absolute Gasteiger partial charge is 0.342 e. The van der Waals surface area contributed by atoms with Crippen LogP contribution in [0.15, 0.2) is 12.7 Å². The molecule has 0 N–H and O–H groups in total. The van der Waals surface area contributed by atoms with E-state index in [0.29, 0.717) is 57.4 Å². The number of piperidine rings is 1. The van der Waals surface area contributed by atoms with E-state index in [-0.39, 0.29) is 17.7 Å². The van der Waals surface area contributed by atoms with Crippen molar-refractivity contribution in [2.24, 2.45) is 17.8 Å². The van der Waals surface area contributed by atoms with Crippen molar-refractivity contribution < 1.29 is 14.4 Å². The van der Waals surface area contributed by atoms with Crippen molar-refractivity contribution in [1.29, 1.82) is 0 Å². The van der Waals surface area contributed by atoms with Crippen LogP contribution in [0.1, 0.15) is 51.9 Å². The molecule has 2 aliphatic heterocycles. The smallest absolute Gasteiger partial charge is 0.246 e. The highest BCUT2D eigenvalue weighted by molar-refractivity contribution is 5.87. The summed E-state index contributed by atoms with van der Waals surface area (Å²) < 4.78 is 0. The third-order valence-electron chi connectivity index (χ3n) is 6.98. The Morgan fingerprint density at radius 3 is 2.36 bits per heavy atom. The summed E-state index contributed by atoms with van der Waals surface area (Å²) in [6.45, 7) is 9.33. The van der Waals surface area contributed by atoms with E-state index in [1.165, 1.54) is 38.2 Å². The fraction of sp³-hybridized carbons (Fsp3) is 0.773. The topological polar surface area (TPSA) is 60.9 Å². The molecule has 2 heterocycles. The van der Waals surface area contributed by atoms with Crippen LogP contribution < -0.4 is 0 Å². The van der Waals surface area contributed by atoms with Gasteiger partial charge in [0, 0.05) is 52.1 Å². The number of piperazine rings is 1. The van der Waals surface area contributed by atoms with Gasteiger partial charge < -0.3 is 14.7 Å². The molecule has 1 aliphatic carbocycles. The SMILES string of the molecule is C=CC(=O)N1CCN(C(=O)CCN2CC(C3CCCCC3)C(C)CC2=O)CC1. The van der Waals surface area contributed by atoms with E-state index >= 15 is 0 Å². The number of rotatable bonds is 5. The van der Waals surface area contributed by atoms with Gasteiger partial charge in [-0.05, 0) is 23.8 Å². The number of carbonyl (C=O) groups is 3. The molecule has 0 spiro atoms. The highest BCUT2D eigenvalue weighted by Crippen LogP contribution is 2.38. The van der Waals surface area contributed by atoms with Crippen LogP contribution in [0.3, 0.4) is 0 Å². The molecule has 0 aromatic carbocycles. The van der Waals surface area contributed by atoms with Crippen LogP contribution in [-0.4, -0.2) is 71.7 Å². The number of hydrogen-bond donors (Lipinski definition) is 0. The van der Waals surface area contributed by atoms with Crippen molar-refractivity contribution >= 4 is 17.7 Å². The molecule has 0 bridgehead atoms. The van der Waals surface area contributed by atoms with Gasteiger partial charge >= 0.3 is 0 Å². The molecule has 28 heavy (non-hydrogen) atoms. The molecule has 0 radical (unpaired) electrons. The maximum absolute atomic E-state index is 12.6. The highest BCUT2D eigenvalue weighted by atomic mass is 16.2. The molecule has 6 nitrogen and oxygen atoms in total. The lowest BCUT2D eigenvalue weighted by Crippen LogP contribution is -2.51. The molecule has 3 aliphatic rings. The van der Waals surface area contributed by atoms with Crippen LogP contribution >= 0.6 is 0 Å². The lowest BCUT2D eigenvalue weighted by atomic mass is 9.72. The summed E-state index contributed by atoms with van der Waals surface area (Å²) in [6.07, 6.45) is 8.91. The van der Waals surface area contributed by atoms with Crippen molar-refractivity contribution in [1.82, 2.24) is 14.7 Å². The van der Waals surface area contributed by atoms with Gasteiger partial charge in [-0.3, -0.25) is 14.4 Å². The Hall–Kier alpha value is -1.85. The molecular weight excluding hydrogens is 354 g/mol. The van der Waals surface area contributed by atoms with E-state index in [9.17, 15) is 14.4 Å². The number of amides is 3. The lowest BCUT2D eigenvalue weighted by molar-refractivity contribution is -0.141. The van der Waals surface area contributed by atoms with Crippen molar-refractivity contribution in [3.05, 3.63) is 12.7 Å². The summed E-state index contributed by atoms with van der Waals surface area (Å²) in [5.74, 6) is 2.00. The normalized spacial score (nSPS) is 27.0. The fourth-order valence-electron chi connectivity index (χ4n) is 5.18. The molecule has 3 amide bonds. The zero-order valence-electron chi connectivity index (χ0n) is 17.3. The van der Waals surface area contributed by atoms with Gasteiger partial charge in [0.15, 0.2) is 0 Å². The number of nitrogens with zero attached hydrogens (tertiary/aromatic N) is 3. The Balaban J connectivity index is 1.47.